The van der Waals surface area contributed by atoms with Crippen molar-refractivity contribution in [3.8, 4) is 0 Å². The molecule has 0 saturated carbocycles. The SMILES string of the molecule is Cc1ccc(S(=O)(=O)N2CC=CC(C(=O)O)C2)cc1N(C)C. The fraction of sp³-hybridized carbons (Fsp3) is 0.400. The van der Waals surface area contributed by atoms with Gasteiger partial charge in [-0.3, -0.25) is 4.79 Å². The summed E-state index contributed by atoms with van der Waals surface area (Å²) in [6.07, 6.45) is 3.12. The molecule has 22 heavy (non-hydrogen) atoms. The Hall–Kier alpha value is -1.86. The van der Waals surface area contributed by atoms with Crippen molar-refractivity contribution in [1.29, 1.82) is 0 Å². The van der Waals surface area contributed by atoms with E-state index in [0.29, 0.717) is 0 Å². The number of carboxylic acid groups (broad SMARTS) is 1. The molecule has 1 unspecified atom stereocenters. The van der Waals surface area contributed by atoms with E-state index in [4.69, 9.17) is 5.11 Å². The predicted octanol–water partition coefficient (Wildman–Crippen LogP) is 1.32. The van der Waals surface area contributed by atoms with Crippen LogP contribution in [0.5, 0.6) is 0 Å². The highest BCUT2D eigenvalue weighted by molar-refractivity contribution is 7.89. The molecule has 0 bridgehead atoms. The quantitative estimate of drug-likeness (QED) is 0.845. The summed E-state index contributed by atoms with van der Waals surface area (Å²) in [6.45, 7) is 2.06. The van der Waals surface area contributed by atoms with Crippen LogP contribution in [0.25, 0.3) is 0 Å². The van der Waals surface area contributed by atoms with Crippen molar-refractivity contribution in [1.82, 2.24) is 4.31 Å². The van der Waals surface area contributed by atoms with Gasteiger partial charge in [-0.25, -0.2) is 8.42 Å². The van der Waals surface area contributed by atoms with Gasteiger partial charge in [0.25, 0.3) is 0 Å². The summed E-state index contributed by atoms with van der Waals surface area (Å²) in [7, 11) is -0.00912. The van der Waals surface area contributed by atoms with E-state index in [9.17, 15) is 13.2 Å². The molecule has 1 heterocycles. The van der Waals surface area contributed by atoms with Gasteiger partial charge in [0.1, 0.15) is 0 Å². The van der Waals surface area contributed by atoms with Crippen molar-refractivity contribution in [2.24, 2.45) is 5.92 Å². The predicted molar refractivity (Wildman–Crippen MR) is 84.5 cm³/mol. The van der Waals surface area contributed by atoms with Crippen LogP contribution in [-0.4, -0.2) is 51.0 Å². The van der Waals surface area contributed by atoms with E-state index in [-0.39, 0.29) is 18.0 Å². The molecule has 1 aromatic carbocycles. The topological polar surface area (TPSA) is 77.9 Å². The lowest BCUT2D eigenvalue weighted by Crippen LogP contribution is -2.39. The normalized spacial score (nSPS) is 19.1. The second-order valence-corrected chi connectivity index (χ2v) is 7.48. The minimum Gasteiger partial charge on any atom is -0.481 e. The molecule has 1 aliphatic rings. The minimum absolute atomic E-state index is 0.0423. The maximum atomic E-state index is 12.7. The number of hydrogen-bond donors (Lipinski definition) is 1. The average molecular weight is 324 g/mol. The molecule has 0 fully saturated rings. The van der Waals surface area contributed by atoms with Gasteiger partial charge in [0.2, 0.25) is 10.0 Å². The van der Waals surface area contributed by atoms with Gasteiger partial charge in [-0.2, -0.15) is 4.31 Å². The van der Waals surface area contributed by atoms with E-state index in [1.54, 1.807) is 24.3 Å². The molecule has 0 aliphatic carbocycles. The smallest absolute Gasteiger partial charge is 0.311 e. The average Bonchev–Trinajstić information content (AvgIpc) is 2.47. The summed E-state index contributed by atoms with van der Waals surface area (Å²) < 4.78 is 26.6. The van der Waals surface area contributed by atoms with Gasteiger partial charge in [-0.1, -0.05) is 18.2 Å². The van der Waals surface area contributed by atoms with Gasteiger partial charge in [-0.05, 0) is 24.6 Å². The molecular formula is C15H20N2O4S. The van der Waals surface area contributed by atoms with E-state index in [1.165, 1.54) is 10.4 Å². The zero-order valence-corrected chi connectivity index (χ0v) is 13.7. The summed E-state index contributed by atoms with van der Waals surface area (Å²) in [4.78, 5) is 13.1. The molecule has 0 amide bonds. The maximum Gasteiger partial charge on any atom is 0.311 e. The van der Waals surface area contributed by atoms with Crippen LogP contribution in [0.2, 0.25) is 0 Å². The second-order valence-electron chi connectivity index (χ2n) is 5.54. The highest BCUT2D eigenvalue weighted by atomic mass is 32.2. The first kappa shape index (κ1) is 16.5. The number of aryl methyl sites for hydroxylation is 1. The van der Waals surface area contributed by atoms with Crippen LogP contribution < -0.4 is 4.90 Å². The molecule has 6 nitrogen and oxygen atoms in total. The Morgan fingerprint density at radius 3 is 2.64 bits per heavy atom. The Morgan fingerprint density at radius 2 is 2.05 bits per heavy atom. The lowest BCUT2D eigenvalue weighted by atomic mass is 10.1. The van der Waals surface area contributed by atoms with Gasteiger partial charge in [0.05, 0.1) is 10.8 Å². The number of anilines is 1. The Bertz CT molecular complexity index is 710. The first-order valence-corrected chi connectivity index (χ1v) is 8.35. The third kappa shape index (κ3) is 3.15. The van der Waals surface area contributed by atoms with E-state index in [1.807, 2.05) is 25.9 Å². The van der Waals surface area contributed by atoms with Crippen molar-refractivity contribution in [3.63, 3.8) is 0 Å². The van der Waals surface area contributed by atoms with Crippen LogP contribution >= 0.6 is 0 Å². The van der Waals surface area contributed by atoms with Crippen LogP contribution in [0.3, 0.4) is 0 Å². The Morgan fingerprint density at radius 1 is 1.36 bits per heavy atom. The molecule has 0 aromatic heterocycles. The van der Waals surface area contributed by atoms with E-state index >= 15 is 0 Å². The molecule has 1 aromatic rings. The molecule has 1 N–H and O–H groups in total. The summed E-state index contributed by atoms with van der Waals surface area (Å²) in [5.41, 5.74) is 1.80. The summed E-state index contributed by atoms with van der Waals surface area (Å²) >= 11 is 0. The third-order valence-electron chi connectivity index (χ3n) is 3.70. The summed E-state index contributed by atoms with van der Waals surface area (Å²) in [5.74, 6) is -1.82. The first-order valence-electron chi connectivity index (χ1n) is 6.91. The van der Waals surface area contributed by atoms with Crippen LogP contribution in [0.1, 0.15) is 5.56 Å². The number of aliphatic carboxylic acids is 1. The molecule has 0 radical (unpaired) electrons. The van der Waals surface area contributed by atoms with Crippen LogP contribution in [0.4, 0.5) is 5.69 Å². The summed E-state index contributed by atoms with van der Waals surface area (Å²) in [5, 5.41) is 9.07. The molecule has 1 aliphatic heterocycles. The number of carboxylic acids is 1. The number of nitrogens with zero attached hydrogens (tertiary/aromatic N) is 2. The molecule has 0 saturated heterocycles. The molecule has 0 spiro atoms. The highest BCUT2D eigenvalue weighted by Crippen LogP contribution is 2.26. The van der Waals surface area contributed by atoms with Gasteiger partial charge >= 0.3 is 5.97 Å². The van der Waals surface area contributed by atoms with E-state index < -0.39 is 21.9 Å². The molecular weight excluding hydrogens is 304 g/mol. The minimum atomic E-state index is -3.71. The first-order chi connectivity index (χ1) is 10.2. The standard InChI is InChI=1S/C15H20N2O4S/c1-11-6-7-13(9-14(11)16(2)3)22(20,21)17-8-4-5-12(10-17)15(18)19/h4-7,9,12H,8,10H2,1-3H3,(H,18,19). The highest BCUT2D eigenvalue weighted by Gasteiger charge is 2.31. The number of rotatable bonds is 4. The van der Waals surface area contributed by atoms with Gasteiger partial charge in [-0.15, -0.1) is 0 Å². The molecule has 2 rings (SSSR count). The monoisotopic (exact) mass is 324 g/mol. The number of carbonyl (C=O) groups is 1. The fourth-order valence-electron chi connectivity index (χ4n) is 2.43. The van der Waals surface area contributed by atoms with Gasteiger partial charge < -0.3 is 10.0 Å². The van der Waals surface area contributed by atoms with Crippen LogP contribution in [-0.2, 0) is 14.8 Å². The van der Waals surface area contributed by atoms with Crippen molar-refractivity contribution >= 4 is 21.7 Å². The summed E-state index contributed by atoms with van der Waals surface area (Å²) in [6, 6.07) is 4.95. The molecule has 1 atom stereocenters. The van der Waals surface area contributed by atoms with Crippen molar-refractivity contribution in [2.45, 2.75) is 11.8 Å². The van der Waals surface area contributed by atoms with Crippen LogP contribution in [0, 0.1) is 12.8 Å². The zero-order chi connectivity index (χ0) is 16.5. The van der Waals surface area contributed by atoms with E-state index in [0.717, 1.165) is 11.3 Å². The fourth-order valence-corrected chi connectivity index (χ4v) is 3.87. The van der Waals surface area contributed by atoms with E-state index in [2.05, 4.69) is 0 Å². The lowest BCUT2D eigenvalue weighted by Gasteiger charge is -2.27. The second kappa shape index (κ2) is 6.10. The Labute approximate surface area is 130 Å². The lowest BCUT2D eigenvalue weighted by molar-refractivity contribution is -0.140. The van der Waals surface area contributed by atoms with Gasteiger partial charge in [0.15, 0.2) is 0 Å². The third-order valence-corrected chi connectivity index (χ3v) is 5.52. The largest absolute Gasteiger partial charge is 0.481 e. The van der Waals surface area contributed by atoms with Crippen molar-refractivity contribution in [2.75, 3.05) is 32.1 Å². The Kier molecular flexibility index (Phi) is 4.58. The maximum absolute atomic E-state index is 12.7. The molecule has 7 heteroatoms. The number of hydrogen-bond acceptors (Lipinski definition) is 4. The van der Waals surface area contributed by atoms with Crippen molar-refractivity contribution < 1.29 is 18.3 Å². The van der Waals surface area contributed by atoms with Crippen molar-refractivity contribution in [3.05, 3.63) is 35.9 Å². The van der Waals surface area contributed by atoms with Gasteiger partial charge in [0, 0.05) is 32.9 Å². The Balaban J connectivity index is 2.37. The van der Waals surface area contributed by atoms with Crippen LogP contribution in [0.15, 0.2) is 35.2 Å². The number of sulfonamides is 1. The number of benzene rings is 1. The molecule has 120 valence electrons. The zero-order valence-electron chi connectivity index (χ0n) is 12.9.